The maximum Gasteiger partial charge on any atom is 0.336 e. The zero-order valence-corrected chi connectivity index (χ0v) is 19.6. The molecule has 0 amide bonds. The maximum absolute atomic E-state index is 13.8. The fourth-order valence-corrected chi connectivity index (χ4v) is 4.96. The van der Waals surface area contributed by atoms with Crippen molar-refractivity contribution in [2.45, 2.75) is 84.0 Å². The third kappa shape index (κ3) is 6.54. The van der Waals surface area contributed by atoms with Crippen LogP contribution in [0.4, 0.5) is 4.39 Å². The molecule has 1 N–H and O–H groups in total. The SMILES string of the molecule is CCCCCC1CCC(c2ccc(C(=O)O)c(-c3ccc(C=C(F)CCC)cc3)c2)CC1. The van der Waals surface area contributed by atoms with Gasteiger partial charge in [0.15, 0.2) is 0 Å². The Balaban J connectivity index is 1.77. The highest BCUT2D eigenvalue weighted by Crippen LogP contribution is 2.39. The molecule has 1 aliphatic rings. The highest BCUT2D eigenvalue weighted by molar-refractivity contribution is 5.96. The van der Waals surface area contributed by atoms with Gasteiger partial charge in [-0.2, -0.15) is 0 Å². The lowest BCUT2D eigenvalue weighted by molar-refractivity contribution is 0.0697. The van der Waals surface area contributed by atoms with Crippen LogP contribution in [0, 0.1) is 5.92 Å². The van der Waals surface area contributed by atoms with Crippen LogP contribution in [-0.2, 0) is 0 Å². The molecule has 0 aromatic heterocycles. The molecule has 2 aromatic rings. The predicted octanol–water partition coefficient (Wildman–Crippen LogP) is 9.02. The number of unbranched alkanes of at least 4 members (excludes halogenated alkanes) is 2. The van der Waals surface area contributed by atoms with Gasteiger partial charge >= 0.3 is 5.97 Å². The number of carbonyl (C=O) groups is 1. The van der Waals surface area contributed by atoms with Gasteiger partial charge in [-0.1, -0.05) is 75.9 Å². The van der Waals surface area contributed by atoms with Gasteiger partial charge in [-0.3, -0.25) is 0 Å². The van der Waals surface area contributed by atoms with E-state index in [4.69, 9.17) is 0 Å². The summed E-state index contributed by atoms with van der Waals surface area (Å²) in [5.74, 6) is 0.316. The Kier molecular flexibility index (Phi) is 9.08. The molecule has 0 aliphatic heterocycles. The van der Waals surface area contributed by atoms with Crippen molar-refractivity contribution in [2.24, 2.45) is 5.92 Å². The second-order valence-electron chi connectivity index (χ2n) is 9.29. The highest BCUT2D eigenvalue weighted by Gasteiger charge is 2.23. The first-order valence-corrected chi connectivity index (χ1v) is 12.4. The number of carboxylic acid groups (broad SMARTS) is 1. The number of allylic oxidation sites excluding steroid dienone is 1. The van der Waals surface area contributed by atoms with Crippen molar-refractivity contribution in [1.29, 1.82) is 0 Å². The number of rotatable bonds is 10. The first-order valence-electron chi connectivity index (χ1n) is 12.4. The molecule has 3 heteroatoms. The third-order valence-electron chi connectivity index (χ3n) is 6.84. The van der Waals surface area contributed by atoms with Gasteiger partial charge in [0.25, 0.3) is 0 Å². The summed E-state index contributed by atoms with van der Waals surface area (Å²) in [6.07, 6.45) is 13.0. The van der Waals surface area contributed by atoms with E-state index < -0.39 is 5.97 Å². The average Bonchev–Trinajstić information content (AvgIpc) is 2.80. The van der Waals surface area contributed by atoms with Gasteiger partial charge in [-0.15, -0.1) is 0 Å². The van der Waals surface area contributed by atoms with Crippen molar-refractivity contribution in [1.82, 2.24) is 0 Å². The van der Waals surface area contributed by atoms with E-state index in [-0.39, 0.29) is 5.83 Å². The maximum atomic E-state index is 13.8. The van der Waals surface area contributed by atoms with Crippen molar-refractivity contribution in [3.63, 3.8) is 0 Å². The lowest BCUT2D eigenvalue weighted by atomic mass is 9.76. The van der Waals surface area contributed by atoms with Crippen LogP contribution in [-0.4, -0.2) is 11.1 Å². The topological polar surface area (TPSA) is 37.3 Å². The van der Waals surface area contributed by atoms with E-state index >= 15 is 0 Å². The predicted molar refractivity (Wildman–Crippen MR) is 132 cm³/mol. The van der Waals surface area contributed by atoms with Gasteiger partial charge in [-0.05, 0) is 84.8 Å². The zero-order chi connectivity index (χ0) is 22.9. The van der Waals surface area contributed by atoms with Gasteiger partial charge in [0, 0.05) is 0 Å². The van der Waals surface area contributed by atoms with Crippen LogP contribution >= 0.6 is 0 Å². The fraction of sp³-hybridized carbons (Fsp3) is 0.483. The summed E-state index contributed by atoms with van der Waals surface area (Å²) in [6.45, 7) is 4.21. The molecule has 0 spiro atoms. The minimum Gasteiger partial charge on any atom is -0.478 e. The van der Waals surface area contributed by atoms with E-state index in [2.05, 4.69) is 13.0 Å². The molecule has 2 aromatic carbocycles. The molecule has 32 heavy (non-hydrogen) atoms. The molecule has 3 rings (SSSR count). The Hall–Kier alpha value is -2.42. The number of benzene rings is 2. The lowest BCUT2D eigenvalue weighted by Crippen LogP contribution is -2.14. The van der Waals surface area contributed by atoms with Crippen molar-refractivity contribution in [3.8, 4) is 11.1 Å². The Morgan fingerprint density at radius 2 is 1.72 bits per heavy atom. The minimum absolute atomic E-state index is 0.126. The monoisotopic (exact) mass is 436 g/mol. The summed E-state index contributed by atoms with van der Waals surface area (Å²) in [5.41, 5.74) is 3.99. The molecule has 2 nitrogen and oxygen atoms in total. The molecule has 1 aliphatic carbocycles. The van der Waals surface area contributed by atoms with Crippen molar-refractivity contribution in [3.05, 3.63) is 65.0 Å². The van der Waals surface area contributed by atoms with E-state index in [1.807, 2.05) is 37.3 Å². The van der Waals surface area contributed by atoms with Crippen LogP contribution in [0.15, 0.2) is 48.3 Å². The van der Waals surface area contributed by atoms with Crippen molar-refractivity contribution in [2.75, 3.05) is 0 Å². The summed E-state index contributed by atoms with van der Waals surface area (Å²) < 4.78 is 13.8. The first kappa shape index (κ1) is 24.2. The lowest BCUT2D eigenvalue weighted by Gasteiger charge is -2.29. The van der Waals surface area contributed by atoms with Gasteiger partial charge in [-0.25, -0.2) is 9.18 Å². The third-order valence-corrected chi connectivity index (χ3v) is 6.84. The van der Waals surface area contributed by atoms with Crippen LogP contribution < -0.4 is 0 Å². The summed E-state index contributed by atoms with van der Waals surface area (Å²) >= 11 is 0. The van der Waals surface area contributed by atoms with Gasteiger partial charge in [0.1, 0.15) is 5.83 Å². The second kappa shape index (κ2) is 12.0. The molecule has 1 fully saturated rings. The molecule has 0 saturated heterocycles. The van der Waals surface area contributed by atoms with Gasteiger partial charge in [0.05, 0.1) is 5.56 Å². The van der Waals surface area contributed by atoms with Crippen LogP contribution in [0.5, 0.6) is 0 Å². The number of hydrogen-bond acceptors (Lipinski definition) is 1. The van der Waals surface area contributed by atoms with Crippen LogP contribution in [0.25, 0.3) is 17.2 Å². The summed E-state index contributed by atoms with van der Waals surface area (Å²) in [6, 6.07) is 13.4. The summed E-state index contributed by atoms with van der Waals surface area (Å²) in [5, 5.41) is 9.74. The molecule has 0 radical (unpaired) electrons. The van der Waals surface area contributed by atoms with E-state index in [9.17, 15) is 14.3 Å². The first-order chi connectivity index (χ1) is 15.5. The molecule has 172 valence electrons. The van der Waals surface area contributed by atoms with Gasteiger partial charge in [0.2, 0.25) is 0 Å². The second-order valence-corrected chi connectivity index (χ2v) is 9.29. The Morgan fingerprint density at radius 3 is 2.34 bits per heavy atom. The Bertz CT molecular complexity index is 905. The summed E-state index contributed by atoms with van der Waals surface area (Å²) in [4.78, 5) is 11.9. The van der Waals surface area contributed by atoms with Crippen LogP contribution in [0.3, 0.4) is 0 Å². The van der Waals surface area contributed by atoms with E-state index in [0.29, 0.717) is 17.9 Å². The van der Waals surface area contributed by atoms with E-state index in [1.165, 1.54) is 56.9 Å². The van der Waals surface area contributed by atoms with E-state index in [0.717, 1.165) is 29.0 Å². The zero-order valence-electron chi connectivity index (χ0n) is 19.6. The largest absolute Gasteiger partial charge is 0.478 e. The Labute approximate surface area is 192 Å². The van der Waals surface area contributed by atoms with Crippen molar-refractivity contribution < 1.29 is 14.3 Å². The normalized spacial score (nSPS) is 19.2. The number of halogens is 1. The highest BCUT2D eigenvalue weighted by atomic mass is 19.1. The molecule has 1 saturated carbocycles. The van der Waals surface area contributed by atoms with Crippen LogP contribution in [0.1, 0.15) is 105 Å². The quantitative estimate of drug-likeness (QED) is 0.377. The Morgan fingerprint density at radius 1 is 1.00 bits per heavy atom. The van der Waals surface area contributed by atoms with Gasteiger partial charge < -0.3 is 5.11 Å². The molecular formula is C29H37FO2. The molecule has 0 heterocycles. The molecule has 0 unspecified atom stereocenters. The molecule has 0 atom stereocenters. The molecule has 0 bridgehead atoms. The standard InChI is InChI=1S/C29H37FO2/c1-3-5-6-8-21-9-13-23(14-10-21)25-17-18-27(29(31)32)28(20-25)24-15-11-22(12-16-24)19-26(30)7-4-2/h11-12,15-21,23H,3-10,13-14H2,1-2H3,(H,31,32). The average molecular weight is 437 g/mol. The fourth-order valence-electron chi connectivity index (χ4n) is 4.96. The number of carboxylic acids is 1. The number of hydrogen-bond donors (Lipinski definition) is 1. The smallest absolute Gasteiger partial charge is 0.336 e. The minimum atomic E-state index is -0.913. The van der Waals surface area contributed by atoms with E-state index in [1.54, 1.807) is 12.1 Å². The van der Waals surface area contributed by atoms with Crippen LogP contribution in [0.2, 0.25) is 0 Å². The number of aromatic carboxylic acids is 1. The summed E-state index contributed by atoms with van der Waals surface area (Å²) in [7, 11) is 0. The van der Waals surface area contributed by atoms with Crippen molar-refractivity contribution >= 4 is 12.0 Å². The molecular weight excluding hydrogens is 399 g/mol.